The van der Waals surface area contributed by atoms with Crippen molar-refractivity contribution in [2.75, 3.05) is 56.0 Å². The van der Waals surface area contributed by atoms with E-state index < -0.39 is 175 Å². The fourth-order valence-corrected chi connectivity index (χ4v) is 15.4. The van der Waals surface area contributed by atoms with Crippen LogP contribution in [0, 0.1) is 23.2 Å². The van der Waals surface area contributed by atoms with Gasteiger partial charge in [-0.1, -0.05) is 88.1 Å². The molecule has 1 aliphatic rings. The number of anilines is 2. The van der Waals surface area contributed by atoms with Crippen molar-refractivity contribution in [3.8, 4) is 5.75 Å². The molecule has 2 aromatic carbocycles. The number of nitrogen functional groups attached to an aromatic ring is 1. The minimum Gasteiger partial charge on any atom is -0.508 e. The number of carbonyl (C=O) groups excluding carboxylic acids is 11. The number of amides is 9. The standard InChI is InChI=1S/C77H108N20O22S3/c1-9-14-60(103)118-39-97(72(111)61(41(5)10-2)91-69(109)55-16-11-12-28-96(55)8)56(40(3)4)34-57(119-43(7)98)71-90-53(37-120-71)68(108)85-47(32-44-17-23-49(99)24-18-44)31-42(6)64(104)94-95-77(116)117-29-30-121-122-38-54(74(114)115)89-67(107)52(33-59(101)102)88-66(106)50(15-13-27-81-75(78)79)86-58(100)26-25-51(73(112)113)87-65(105)45-19-21-46(22-20-45)82-35-48-36-83-63-62(84-48)70(110)93-76(80)92-63/h17-24,36-37,40-42,47,50-52,54-57,61,82,99H,9-16,25-35,38-39H2,1-8H3,(H,85,108)(H,86,100)(H,87,105)(H,88,106)(H,89,107)(H,91,109)(H,94,104)(H,95,116)(H,101,102)(H,112,113)(H,114,115)(H4,78,79,81)(H3,80,83,92,93,110)/t41-,42-,47+,50+,51+,52+,54+,55+,56+,57+,61?/m0/s1. The number of hydrogen-bond donors (Lipinski definition) is 18. The number of fused-ring (bicyclic) bond motifs is 1. The van der Waals surface area contributed by atoms with Gasteiger partial charge >= 0.3 is 35.9 Å². The van der Waals surface area contributed by atoms with E-state index in [0.717, 1.165) is 45.8 Å². The molecule has 0 bridgehead atoms. The van der Waals surface area contributed by atoms with Crippen LogP contribution in [0.4, 0.5) is 16.4 Å². The molecule has 1 fully saturated rings. The second-order valence-electron chi connectivity index (χ2n) is 29.3. The van der Waals surface area contributed by atoms with Gasteiger partial charge in [0, 0.05) is 78.9 Å². The number of hydrogen-bond acceptors (Lipinski definition) is 30. The van der Waals surface area contributed by atoms with Gasteiger partial charge in [-0.15, -0.1) is 11.3 Å². The van der Waals surface area contributed by atoms with E-state index in [1.807, 2.05) is 39.6 Å². The second kappa shape index (κ2) is 49.7. The fraction of sp³-hybridized carbons (Fsp3) is 0.532. The first-order chi connectivity index (χ1) is 57.9. The van der Waals surface area contributed by atoms with E-state index in [1.165, 1.54) is 66.7 Å². The van der Waals surface area contributed by atoms with Crippen LogP contribution in [0.2, 0.25) is 0 Å². The van der Waals surface area contributed by atoms with Crippen molar-refractivity contribution < 1.29 is 102 Å². The number of hydrazine groups is 1. The number of aromatic hydroxyl groups is 1. The number of aromatic nitrogens is 5. The Morgan fingerprint density at radius 2 is 1.48 bits per heavy atom. The molecule has 0 radical (unpaired) electrons. The lowest BCUT2D eigenvalue weighted by Crippen LogP contribution is -2.59. The molecule has 42 nitrogen and oxygen atoms in total. The largest absolute Gasteiger partial charge is 0.508 e. The number of nitrogens with two attached hydrogens (primary N) is 2. The maximum atomic E-state index is 15.0. The van der Waals surface area contributed by atoms with Crippen molar-refractivity contribution in [2.24, 2.45) is 23.5 Å². The van der Waals surface area contributed by atoms with Crippen LogP contribution < -0.4 is 70.4 Å². The third-order valence-corrected chi connectivity index (χ3v) is 22.7. The summed E-state index contributed by atoms with van der Waals surface area (Å²) >= 11 is 1.01. The molecule has 1 saturated heterocycles. The van der Waals surface area contributed by atoms with Crippen LogP contribution in [-0.4, -0.2) is 238 Å². The van der Waals surface area contributed by atoms with Crippen molar-refractivity contribution in [3.05, 3.63) is 98.0 Å². The van der Waals surface area contributed by atoms with Crippen molar-refractivity contribution in [2.45, 2.75) is 199 Å². The number of carboxylic acid groups (broad SMARTS) is 3. The van der Waals surface area contributed by atoms with E-state index in [4.69, 9.17) is 31.1 Å². The Kier molecular flexibility index (Phi) is 40.2. The third kappa shape index (κ3) is 32.9. The highest BCUT2D eigenvalue weighted by Gasteiger charge is 2.41. The summed E-state index contributed by atoms with van der Waals surface area (Å²) in [5.74, 6) is -14.8. The molecule has 1 aliphatic heterocycles. The molecule has 45 heteroatoms. The van der Waals surface area contributed by atoms with Gasteiger partial charge in [0.2, 0.25) is 41.4 Å². The van der Waals surface area contributed by atoms with Crippen LogP contribution in [0.1, 0.15) is 175 Å². The number of aromatic amines is 1. The van der Waals surface area contributed by atoms with Gasteiger partial charge in [-0.25, -0.2) is 34.8 Å². The summed E-state index contributed by atoms with van der Waals surface area (Å²) in [6.07, 6.45) is 0.243. The Morgan fingerprint density at radius 3 is 2.12 bits per heavy atom. The zero-order valence-corrected chi connectivity index (χ0v) is 71.2. The number of likely N-dealkylation sites (N-methyl/N-ethyl adjacent to an activating group) is 1. The highest BCUT2D eigenvalue weighted by molar-refractivity contribution is 8.76. The Hall–Kier alpha value is -12.0. The zero-order valence-electron chi connectivity index (χ0n) is 68.8. The number of aliphatic carboxylic acids is 3. The summed E-state index contributed by atoms with van der Waals surface area (Å²) in [4.78, 5) is 221. The summed E-state index contributed by atoms with van der Waals surface area (Å²) in [6.45, 7) is 12.0. The first kappa shape index (κ1) is 98.8. The van der Waals surface area contributed by atoms with E-state index in [1.54, 1.807) is 19.1 Å². The lowest BCUT2D eigenvalue weighted by molar-refractivity contribution is -0.160. The summed E-state index contributed by atoms with van der Waals surface area (Å²) in [5, 5.41) is 69.8. The maximum absolute atomic E-state index is 15.0. The fourth-order valence-electron chi connectivity index (χ4n) is 12.6. The normalized spacial score (nSPS) is 15.1. The van der Waals surface area contributed by atoms with E-state index in [2.05, 4.69) is 78.3 Å². The number of phenols is 1. The van der Waals surface area contributed by atoms with Crippen molar-refractivity contribution in [3.63, 3.8) is 0 Å². The maximum Gasteiger partial charge on any atom is 0.426 e. The average molecular weight is 1760 g/mol. The SMILES string of the molecule is CCCC(=O)OCN(C(=O)C(NC(=O)[C@H]1CCCCN1C)[C@@H](C)CC)[C@H](C[C@@H](OC(C)=O)c1nc(C(=O)N[C@@H](Cc2ccc(O)cc2)C[C@H](C)C(=O)NNC(=O)OCCSSC[C@@H](NC(=O)[C@@H](CC(=O)O)NC(=O)[C@@H](CCCNC(=N)N)NC(=O)CC[C@@H](NC(=O)c2ccc(NCc3cnc4nc(N)[nH]c(=O)c4n3)cc2)C(=O)O)C(=O)O)cs1)C(C)C. The molecule has 11 atom stereocenters. The number of nitrogens with one attached hydrogen (secondary N) is 12. The molecule has 0 spiro atoms. The number of guanidine groups is 1. The number of nitrogens with zero attached hydrogens (tertiary/aromatic N) is 6. The van der Waals surface area contributed by atoms with E-state index in [9.17, 15) is 87.5 Å². The van der Waals surface area contributed by atoms with Gasteiger partial charge in [-0.2, -0.15) is 4.98 Å². The molecule has 0 aliphatic carbocycles. The molecule has 9 amide bonds. The van der Waals surface area contributed by atoms with Gasteiger partial charge in [-0.05, 0) is 119 Å². The molecular weight excluding hydrogens is 1650 g/mol. The molecule has 5 aromatic rings. The number of carboxylic acids is 3. The predicted octanol–water partition coefficient (Wildman–Crippen LogP) is 2.68. The molecule has 0 saturated carbocycles. The van der Waals surface area contributed by atoms with Crippen LogP contribution in [0.25, 0.3) is 11.2 Å². The van der Waals surface area contributed by atoms with Gasteiger partial charge in [0.1, 0.15) is 53.3 Å². The van der Waals surface area contributed by atoms with Crippen LogP contribution in [0.3, 0.4) is 0 Å². The summed E-state index contributed by atoms with van der Waals surface area (Å²) in [7, 11) is 3.75. The van der Waals surface area contributed by atoms with Gasteiger partial charge in [0.25, 0.3) is 17.4 Å². The predicted molar refractivity (Wildman–Crippen MR) is 448 cm³/mol. The Balaban J connectivity index is 0.997. The number of carbonyl (C=O) groups is 14. The van der Waals surface area contributed by atoms with Crippen molar-refractivity contribution in [1.82, 2.24) is 82.8 Å². The quantitative estimate of drug-likeness (QED) is 0.00389. The highest BCUT2D eigenvalue weighted by Crippen LogP contribution is 2.33. The first-order valence-corrected chi connectivity index (χ1v) is 42.8. The summed E-state index contributed by atoms with van der Waals surface area (Å²) in [6, 6.07) is 2.03. The van der Waals surface area contributed by atoms with Crippen molar-refractivity contribution >= 4 is 145 Å². The molecule has 666 valence electrons. The van der Waals surface area contributed by atoms with Gasteiger partial charge in [0.15, 0.2) is 30.0 Å². The Labute approximate surface area is 713 Å². The topological polar surface area (TPSA) is 635 Å². The van der Waals surface area contributed by atoms with Crippen LogP contribution in [-0.2, 0) is 79.9 Å². The first-order valence-electron chi connectivity index (χ1n) is 39.4. The second-order valence-corrected chi connectivity index (χ2v) is 32.8. The molecule has 3 aromatic heterocycles. The smallest absolute Gasteiger partial charge is 0.426 e. The number of ether oxygens (including phenoxy) is 3. The van der Waals surface area contributed by atoms with Gasteiger partial charge in [0.05, 0.1) is 30.9 Å². The molecular formula is C77H108N20O22S3. The minimum absolute atomic E-state index is 0.00634. The van der Waals surface area contributed by atoms with Gasteiger partial charge < -0.3 is 93.5 Å². The van der Waals surface area contributed by atoms with E-state index in [0.29, 0.717) is 42.8 Å². The lowest BCUT2D eigenvalue weighted by Gasteiger charge is -2.39. The number of esters is 2. The van der Waals surface area contributed by atoms with Crippen LogP contribution >= 0.6 is 32.9 Å². The Morgan fingerprint density at radius 1 is 0.779 bits per heavy atom. The monoisotopic (exact) mass is 1760 g/mol. The molecule has 1 unspecified atom stereocenters. The number of H-pyrrole nitrogens is 1. The molecule has 6 rings (SSSR count). The number of phenolic OH excluding ortho intramolecular Hbond substituents is 1. The van der Waals surface area contributed by atoms with Crippen LogP contribution in [0.5, 0.6) is 5.75 Å². The number of rotatable bonds is 49. The van der Waals surface area contributed by atoms with Crippen molar-refractivity contribution in [1.29, 1.82) is 5.41 Å². The van der Waals surface area contributed by atoms with E-state index in [-0.39, 0.29) is 127 Å². The molecule has 122 heavy (non-hydrogen) atoms. The zero-order chi connectivity index (χ0) is 89.9. The molecule has 20 N–H and O–H groups in total. The van der Waals surface area contributed by atoms with Gasteiger partial charge in [-0.3, -0.25) is 78.3 Å². The minimum atomic E-state index is -1.93. The highest BCUT2D eigenvalue weighted by atomic mass is 33.1. The summed E-state index contributed by atoms with van der Waals surface area (Å²) in [5.41, 5.74) is 16.3. The average Bonchev–Trinajstić information content (AvgIpc) is 1.14. The third-order valence-electron chi connectivity index (χ3n) is 19.4. The number of thiazole rings is 1. The van der Waals surface area contributed by atoms with E-state index >= 15 is 4.79 Å². The summed E-state index contributed by atoms with van der Waals surface area (Å²) < 4.78 is 16.8. The molecule has 4 heterocycles. The van der Waals surface area contributed by atoms with Crippen LogP contribution in [0.15, 0.2) is 64.9 Å². The number of benzene rings is 2. The number of piperidine rings is 1. The number of likely N-dealkylation sites (tertiary alicyclic amines) is 1. The Bertz CT molecular complexity index is 4520. The lowest BCUT2D eigenvalue weighted by atomic mass is 9.92.